The van der Waals surface area contributed by atoms with Crippen molar-refractivity contribution in [2.75, 3.05) is 39.4 Å². The van der Waals surface area contributed by atoms with Gasteiger partial charge in [0.15, 0.2) is 0 Å². The van der Waals surface area contributed by atoms with Crippen LogP contribution in [0.5, 0.6) is 5.75 Å². The van der Waals surface area contributed by atoms with Gasteiger partial charge < -0.3 is 19.3 Å². The van der Waals surface area contributed by atoms with Crippen molar-refractivity contribution in [1.82, 2.24) is 9.80 Å². The molecule has 2 aliphatic heterocycles. The lowest BCUT2D eigenvalue weighted by atomic mass is 9.95. The number of carbonyl (C=O) groups is 2. The first kappa shape index (κ1) is 23.5. The SMILES string of the molecule is O=C(C[C@@]1(COc2cccc(Cl)c2)CN(C(=O)c2cccc(F)c2)CCO1)N1CCCCC1. The number of amides is 2. The van der Waals surface area contributed by atoms with Crippen LogP contribution in [0.4, 0.5) is 4.39 Å². The number of rotatable bonds is 6. The standard InChI is InChI=1S/C25H28ClFN2O4/c26-20-7-5-9-22(15-20)32-18-25(16-23(30)28-10-2-1-3-11-28)17-29(12-13-33-25)24(31)19-6-4-8-21(27)14-19/h4-9,14-15H,1-3,10-13,16-18H2/t25-/m0/s1. The molecule has 33 heavy (non-hydrogen) atoms. The van der Waals surface area contributed by atoms with Crippen molar-refractivity contribution in [3.63, 3.8) is 0 Å². The maximum Gasteiger partial charge on any atom is 0.254 e. The van der Waals surface area contributed by atoms with E-state index in [-0.39, 0.29) is 43.6 Å². The number of carbonyl (C=O) groups excluding carboxylic acids is 2. The molecule has 0 aliphatic carbocycles. The first-order valence-corrected chi connectivity index (χ1v) is 11.7. The molecule has 1 atom stereocenters. The van der Waals surface area contributed by atoms with E-state index in [0.717, 1.165) is 32.4 Å². The van der Waals surface area contributed by atoms with E-state index < -0.39 is 11.4 Å². The molecule has 6 nitrogen and oxygen atoms in total. The Labute approximate surface area is 198 Å². The molecule has 0 bridgehead atoms. The smallest absolute Gasteiger partial charge is 0.254 e. The normalized spacial score (nSPS) is 21.0. The molecule has 2 heterocycles. The average Bonchev–Trinajstić information content (AvgIpc) is 2.83. The molecule has 2 fully saturated rings. The Morgan fingerprint density at radius 2 is 1.82 bits per heavy atom. The zero-order valence-corrected chi connectivity index (χ0v) is 19.2. The average molecular weight is 475 g/mol. The maximum atomic E-state index is 13.7. The van der Waals surface area contributed by atoms with E-state index >= 15 is 0 Å². The third-order valence-electron chi connectivity index (χ3n) is 6.09. The monoisotopic (exact) mass is 474 g/mol. The number of hydrogen-bond donors (Lipinski definition) is 0. The van der Waals surface area contributed by atoms with Gasteiger partial charge in [0.2, 0.25) is 5.91 Å². The second-order valence-electron chi connectivity index (χ2n) is 8.63. The van der Waals surface area contributed by atoms with Crippen LogP contribution in [0.2, 0.25) is 5.02 Å². The summed E-state index contributed by atoms with van der Waals surface area (Å²) in [6.45, 7) is 2.33. The molecule has 0 unspecified atom stereocenters. The first-order valence-electron chi connectivity index (χ1n) is 11.3. The summed E-state index contributed by atoms with van der Waals surface area (Å²) in [6.07, 6.45) is 3.20. The summed E-state index contributed by atoms with van der Waals surface area (Å²) in [7, 11) is 0. The summed E-state index contributed by atoms with van der Waals surface area (Å²) >= 11 is 6.08. The fourth-order valence-electron chi connectivity index (χ4n) is 4.37. The minimum atomic E-state index is -1.02. The second-order valence-corrected chi connectivity index (χ2v) is 9.07. The van der Waals surface area contributed by atoms with Gasteiger partial charge in [0.05, 0.1) is 19.6 Å². The number of hydrogen-bond acceptors (Lipinski definition) is 4. The molecule has 0 aromatic heterocycles. The molecule has 176 valence electrons. The van der Waals surface area contributed by atoms with E-state index in [0.29, 0.717) is 17.3 Å². The number of likely N-dealkylation sites (tertiary alicyclic amines) is 1. The summed E-state index contributed by atoms with van der Waals surface area (Å²) in [6, 6.07) is 12.6. The molecule has 2 aromatic rings. The van der Waals surface area contributed by atoms with Crippen molar-refractivity contribution in [2.45, 2.75) is 31.3 Å². The van der Waals surface area contributed by atoms with Crippen LogP contribution in [0.15, 0.2) is 48.5 Å². The molecule has 0 N–H and O–H groups in total. The first-order chi connectivity index (χ1) is 15.9. The minimum Gasteiger partial charge on any atom is -0.490 e. The summed E-state index contributed by atoms with van der Waals surface area (Å²) in [5.74, 6) is -0.214. The highest BCUT2D eigenvalue weighted by Gasteiger charge is 2.42. The number of benzene rings is 2. The van der Waals surface area contributed by atoms with Crippen LogP contribution in [-0.4, -0.2) is 66.6 Å². The van der Waals surface area contributed by atoms with E-state index in [1.54, 1.807) is 35.2 Å². The Balaban J connectivity index is 1.53. The van der Waals surface area contributed by atoms with E-state index in [1.807, 2.05) is 4.90 Å². The highest BCUT2D eigenvalue weighted by atomic mass is 35.5. The van der Waals surface area contributed by atoms with Gasteiger partial charge in [-0.2, -0.15) is 0 Å². The van der Waals surface area contributed by atoms with Gasteiger partial charge >= 0.3 is 0 Å². The maximum absolute atomic E-state index is 13.7. The van der Waals surface area contributed by atoms with Crippen LogP contribution < -0.4 is 4.74 Å². The summed E-state index contributed by atoms with van der Waals surface area (Å²) in [5, 5.41) is 0.540. The lowest BCUT2D eigenvalue weighted by Gasteiger charge is -2.43. The van der Waals surface area contributed by atoms with Crippen LogP contribution in [0.1, 0.15) is 36.0 Å². The van der Waals surface area contributed by atoms with Crippen molar-refractivity contribution in [3.8, 4) is 5.75 Å². The van der Waals surface area contributed by atoms with E-state index in [2.05, 4.69) is 0 Å². The predicted octanol–water partition coefficient (Wildman–Crippen LogP) is 4.17. The molecule has 2 aliphatic rings. The second kappa shape index (κ2) is 10.5. The molecule has 2 saturated heterocycles. The number of piperidine rings is 1. The number of halogens is 2. The van der Waals surface area contributed by atoms with Gasteiger partial charge in [-0.05, 0) is 55.7 Å². The van der Waals surface area contributed by atoms with Crippen molar-refractivity contribution < 1.29 is 23.5 Å². The fourth-order valence-corrected chi connectivity index (χ4v) is 4.55. The summed E-state index contributed by atoms with van der Waals surface area (Å²) in [5.41, 5.74) is -0.748. The highest BCUT2D eigenvalue weighted by Crippen LogP contribution is 2.28. The van der Waals surface area contributed by atoms with Crippen molar-refractivity contribution in [3.05, 3.63) is 64.9 Å². The van der Waals surface area contributed by atoms with Gasteiger partial charge in [-0.3, -0.25) is 9.59 Å². The van der Waals surface area contributed by atoms with Gasteiger partial charge in [-0.15, -0.1) is 0 Å². The summed E-state index contributed by atoms with van der Waals surface area (Å²) in [4.78, 5) is 29.7. The van der Waals surface area contributed by atoms with Crippen molar-refractivity contribution in [1.29, 1.82) is 0 Å². The lowest BCUT2D eigenvalue weighted by molar-refractivity contribution is -0.153. The number of ether oxygens (including phenoxy) is 2. The number of nitrogens with zero attached hydrogens (tertiary/aromatic N) is 2. The van der Waals surface area contributed by atoms with Crippen molar-refractivity contribution >= 4 is 23.4 Å². The molecule has 0 radical (unpaired) electrons. The Morgan fingerprint density at radius 3 is 2.58 bits per heavy atom. The third-order valence-corrected chi connectivity index (χ3v) is 6.32. The molecule has 2 aromatic carbocycles. The van der Waals surface area contributed by atoms with Crippen LogP contribution >= 0.6 is 11.6 Å². The number of morpholine rings is 1. The topological polar surface area (TPSA) is 59.1 Å². The minimum absolute atomic E-state index is 0.00977. The third kappa shape index (κ3) is 6.03. The van der Waals surface area contributed by atoms with Crippen LogP contribution in [-0.2, 0) is 9.53 Å². The lowest BCUT2D eigenvalue weighted by Crippen LogP contribution is -2.58. The van der Waals surface area contributed by atoms with E-state index in [4.69, 9.17) is 21.1 Å². The fraction of sp³-hybridized carbons (Fsp3) is 0.440. The Bertz CT molecular complexity index is 998. The molecule has 8 heteroatoms. The van der Waals surface area contributed by atoms with Gasteiger partial charge in [-0.25, -0.2) is 4.39 Å². The van der Waals surface area contributed by atoms with Gasteiger partial charge in [0, 0.05) is 30.2 Å². The Morgan fingerprint density at radius 1 is 1.03 bits per heavy atom. The molecule has 2 amide bonds. The predicted molar refractivity (Wildman–Crippen MR) is 123 cm³/mol. The Kier molecular flexibility index (Phi) is 7.50. The zero-order valence-electron chi connectivity index (χ0n) is 18.5. The molecule has 0 spiro atoms. The van der Waals surface area contributed by atoms with E-state index in [1.165, 1.54) is 18.2 Å². The van der Waals surface area contributed by atoms with Crippen LogP contribution in [0.25, 0.3) is 0 Å². The molecular formula is C25H28ClFN2O4. The van der Waals surface area contributed by atoms with Gasteiger partial charge in [0.25, 0.3) is 5.91 Å². The molecule has 4 rings (SSSR count). The largest absolute Gasteiger partial charge is 0.490 e. The summed E-state index contributed by atoms with van der Waals surface area (Å²) < 4.78 is 25.8. The Hall–Kier alpha value is -2.64. The quantitative estimate of drug-likeness (QED) is 0.630. The van der Waals surface area contributed by atoms with Crippen LogP contribution in [0.3, 0.4) is 0 Å². The van der Waals surface area contributed by atoms with Crippen molar-refractivity contribution in [2.24, 2.45) is 0 Å². The molecular weight excluding hydrogens is 447 g/mol. The zero-order chi connectivity index (χ0) is 23.3. The molecule has 0 saturated carbocycles. The van der Waals surface area contributed by atoms with E-state index in [9.17, 15) is 14.0 Å². The van der Waals surface area contributed by atoms with Gasteiger partial charge in [-0.1, -0.05) is 23.7 Å². The van der Waals surface area contributed by atoms with Gasteiger partial charge in [0.1, 0.15) is 23.8 Å². The van der Waals surface area contributed by atoms with Crippen LogP contribution in [0, 0.1) is 5.82 Å². The highest BCUT2D eigenvalue weighted by molar-refractivity contribution is 6.30.